The van der Waals surface area contributed by atoms with Crippen molar-refractivity contribution in [2.75, 3.05) is 32.7 Å². The molecule has 0 aromatic carbocycles. The number of alkyl halides is 3. The van der Waals surface area contributed by atoms with Gasteiger partial charge in [0.25, 0.3) is 0 Å². The summed E-state index contributed by atoms with van der Waals surface area (Å²) < 4.78 is 42.5. The molecule has 0 spiro atoms. The molecular weight excluding hydrogens is 271 g/mol. The zero-order valence-electron chi connectivity index (χ0n) is 11.5. The van der Waals surface area contributed by atoms with E-state index in [0.29, 0.717) is 39.3 Å². The Labute approximate surface area is 116 Å². The highest BCUT2D eigenvalue weighted by Crippen LogP contribution is 2.19. The van der Waals surface area contributed by atoms with Crippen molar-refractivity contribution in [3.05, 3.63) is 23.2 Å². The maximum absolute atomic E-state index is 12.3. The topological polar surface area (TPSA) is 45.6 Å². The Balaban J connectivity index is 1.82. The second-order valence-electron chi connectivity index (χ2n) is 5.19. The van der Waals surface area contributed by atoms with Crippen LogP contribution in [-0.2, 0) is 13.1 Å². The number of hydrogen-bond acceptors (Lipinski definition) is 4. The quantitative estimate of drug-likeness (QED) is 0.917. The van der Waals surface area contributed by atoms with Crippen LogP contribution in [0.15, 0.2) is 10.5 Å². The molecule has 0 bridgehead atoms. The Morgan fingerprint density at radius 2 is 1.80 bits per heavy atom. The Hall–Kier alpha value is -1.05. The molecule has 20 heavy (non-hydrogen) atoms. The lowest BCUT2D eigenvalue weighted by molar-refractivity contribution is -0.149. The summed E-state index contributed by atoms with van der Waals surface area (Å²) in [7, 11) is 0. The van der Waals surface area contributed by atoms with E-state index in [2.05, 4.69) is 4.90 Å². The van der Waals surface area contributed by atoms with Crippen LogP contribution in [0.5, 0.6) is 0 Å². The van der Waals surface area contributed by atoms with Gasteiger partial charge in [0, 0.05) is 26.2 Å². The number of rotatable bonds is 4. The number of aryl methyl sites for hydroxylation is 1. The van der Waals surface area contributed by atoms with E-state index in [1.54, 1.807) is 0 Å². The van der Waals surface area contributed by atoms with E-state index >= 15 is 0 Å². The van der Waals surface area contributed by atoms with Crippen molar-refractivity contribution in [1.82, 2.24) is 9.80 Å². The second-order valence-corrected chi connectivity index (χ2v) is 5.19. The summed E-state index contributed by atoms with van der Waals surface area (Å²) in [4.78, 5) is 3.54. The zero-order valence-corrected chi connectivity index (χ0v) is 11.5. The van der Waals surface area contributed by atoms with Gasteiger partial charge in [-0.25, -0.2) is 0 Å². The molecule has 7 heteroatoms. The molecule has 1 fully saturated rings. The molecular formula is C13H20F3N3O. The Kier molecular flexibility index (Phi) is 4.72. The van der Waals surface area contributed by atoms with Crippen molar-refractivity contribution in [3.8, 4) is 0 Å². The van der Waals surface area contributed by atoms with E-state index in [0.717, 1.165) is 17.1 Å². The summed E-state index contributed by atoms with van der Waals surface area (Å²) in [5.41, 5.74) is 6.58. The van der Waals surface area contributed by atoms with Crippen LogP contribution in [0.2, 0.25) is 0 Å². The average Bonchev–Trinajstić information content (AvgIpc) is 2.70. The van der Waals surface area contributed by atoms with Crippen LogP contribution in [0, 0.1) is 6.92 Å². The van der Waals surface area contributed by atoms with E-state index in [1.807, 2.05) is 13.0 Å². The highest BCUT2D eigenvalue weighted by Gasteiger charge is 2.32. The Morgan fingerprint density at radius 3 is 2.30 bits per heavy atom. The first-order valence-electron chi connectivity index (χ1n) is 6.67. The highest BCUT2D eigenvalue weighted by atomic mass is 19.4. The molecule has 1 aromatic heterocycles. The molecule has 2 rings (SSSR count). The van der Waals surface area contributed by atoms with Gasteiger partial charge in [-0.1, -0.05) is 0 Å². The van der Waals surface area contributed by atoms with Gasteiger partial charge in [-0.15, -0.1) is 0 Å². The van der Waals surface area contributed by atoms with Crippen LogP contribution < -0.4 is 5.73 Å². The lowest BCUT2D eigenvalue weighted by atomic mass is 10.2. The van der Waals surface area contributed by atoms with Crippen molar-refractivity contribution in [1.29, 1.82) is 0 Å². The molecule has 1 aliphatic rings. The third-order valence-corrected chi connectivity index (χ3v) is 3.50. The molecule has 4 nitrogen and oxygen atoms in total. The lowest BCUT2D eigenvalue weighted by Gasteiger charge is -2.34. The number of furan rings is 1. The molecule has 0 aliphatic carbocycles. The van der Waals surface area contributed by atoms with Gasteiger partial charge in [0.1, 0.15) is 11.5 Å². The summed E-state index contributed by atoms with van der Waals surface area (Å²) in [6, 6.07) is 1.95. The largest absolute Gasteiger partial charge is 0.463 e. The number of nitrogens with zero attached hydrogens (tertiary/aromatic N) is 2. The van der Waals surface area contributed by atoms with Crippen molar-refractivity contribution >= 4 is 0 Å². The lowest BCUT2D eigenvalue weighted by Crippen LogP contribution is -2.48. The number of piperazine rings is 1. The molecule has 0 radical (unpaired) electrons. The highest BCUT2D eigenvalue weighted by molar-refractivity contribution is 5.19. The van der Waals surface area contributed by atoms with Crippen molar-refractivity contribution < 1.29 is 17.6 Å². The second kappa shape index (κ2) is 6.15. The van der Waals surface area contributed by atoms with Crippen LogP contribution in [-0.4, -0.2) is 48.7 Å². The molecule has 2 N–H and O–H groups in total. The Bertz CT molecular complexity index is 437. The van der Waals surface area contributed by atoms with E-state index in [1.165, 1.54) is 4.90 Å². The van der Waals surface area contributed by atoms with Crippen LogP contribution in [0.3, 0.4) is 0 Å². The molecule has 0 unspecified atom stereocenters. The van der Waals surface area contributed by atoms with Crippen molar-refractivity contribution in [3.63, 3.8) is 0 Å². The predicted octanol–water partition coefficient (Wildman–Crippen LogP) is 1.73. The summed E-state index contributed by atoms with van der Waals surface area (Å²) in [5.74, 6) is 1.60. The van der Waals surface area contributed by atoms with Gasteiger partial charge >= 0.3 is 6.18 Å². The van der Waals surface area contributed by atoms with Gasteiger partial charge in [-0.05, 0) is 18.6 Å². The molecule has 2 heterocycles. The van der Waals surface area contributed by atoms with Crippen LogP contribution >= 0.6 is 0 Å². The molecule has 1 aliphatic heterocycles. The van der Waals surface area contributed by atoms with Gasteiger partial charge in [0.15, 0.2) is 0 Å². The minimum absolute atomic E-state index is 0.366. The molecule has 114 valence electrons. The van der Waals surface area contributed by atoms with E-state index in [-0.39, 0.29) is 0 Å². The van der Waals surface area contributed by atoms with E-state index < -0.39 is 12.7 Å². The minimum Gasteiger partial charge on any atom is -0.463 e. The first-order chi connectivity index (χ1) is 9.37. The third kappa shape index (κ3) is 4.22. The van der Waals surface area contributed by atoms with E-state index in [9.17, 15) is 13.2 Å². The zero-order chi connectivity index (χ0) is 14.8. The normalized spacial score (nSPS) is 18.6. The predicted molar refractivity (Wildman–Crippen MR) is 69.1 cm³/mol. The fourth-order valence-electron chi connectivity index (χ4n) is 2.45. The van der Waals surface area contributed by atoms with Gasteiger partial charge in [-0.3, -0.25) is 9.80 Å². The van der Waals surface area contributed by atoms with Gasteiger partial charge in [0.05, 0.1) is 19.6 Å². The van der Waals surface area contributed by atoms with Crippen molar-refractivity contribution in [2.45, 2.75) is 26.2 Å². The van der Waals surface area contributed by atoms with Gasteiger partial charge in [-0.2, -0.15) is 13.2 Å². The summed E-state index contributed by atoms with van der Waals surface area (Å²) in [6.45, 7) is 4.22. The van der Waals surface area contributed by atoms with Gasteiger partial charge in [0.2, 0.25) is 0 Å². The van der Waals surface area contributed by atoms with Crippen molar-refractivity contribution in [2.24, 2.45) is 5.73 Å². The number of nitrogens with two attached hydrogens (primary N) is 1. The molecule has 0 atom stereocenters. The van der Waals surface area contributed by atoms with Crippen LogP contribution in [0.4, 0.5) is 13.2 Å². The SMILES string of the molecule is Cc1cc(CN2CCN(CC(F)(F)F)CC2)oc1CN. The molecule has 0 saturated carbocycles. The van der Waals surface area contributed by atoms with Crippen LogP contribution in [0.1, 0.15) is 17.1 Å². The standard InChI is InChI=1S/C13H20F3N3O/c1-10-6-11(20-12(10)7-17)8-18-2-4-19(5-3-18)9-13(14,15)16/h6H,2-5,7-9,17H2,1H3. The van der Waals surface area contributed by atoms with E-state index in [4.69, 9.17) is 10.2 Å². The molecule has 0 amide bonds. The van der Waals surface area contributed by atoms with Crippen LogP contribution in [0.25, 0.3) is 0 Å². The number of halogens is 3. The minimum atomic E-state index is -4.11. The number of hydrogen-bond donors (Lipinski definition) is 1. The smallest absolute Gasteiger partial charge is 0.401 e. The summed E-state index contributed by atoms with van der Waals surface area (Å²) >= 11 is 0. The average molecular weight is 291 g/mol. The Morgan fingerprint density at radius 1 is 1.20 bits per heavy atom. The maximum Gasteiger partial charge on any atom is 0.401 e. The summed E-state index contributed by atoms with van der Waals surface area (Å²) in [6.07, 6.45) is -4.11. The van der Waals surface area contributed by atoms with Gasteiger partial charge < -0.3 is 10.2 Å². The monoisotopic (exact) mass is 291 g/mol. The molecule has 1 saturated heterocycles. The fraction of sp³-hybridized carbons (Fsp3) is 0.692. The third-order valence-electron chi connectivity index (χ3n) is 3.50. The first-order valence-corrected chi connectivity index (χ1v) is 6.67. The summed E-state index contributed by atoms with van der Waals surface area (Å²) in [5, 5.41) is 0. The first kappa shape index (κ1) is 15.3. The maximum atomic E-state index is 12.3. The fourth-order valence-corrected chi connectivity index (χ4v) is 2.45. The molecule has 1 aromatic rings.